The Labute approximate surface area is 248 Å². The minimum atomic E-state index is -1.22. The largest absolute Gasteiger partial charge is 0.496 e. The fraction of sp³-hybridized carbons (Fsp3) is 0.515. The van der Waals surface area contributed by atoms with Crippen molar-refractivity contribution >= 4 is 23.2 Å². The summed E-state index contributed by atoms with van der Waals surface area (Å²) < 4.78 is 11.9. The maximum Gasteiger partial charge on any atom is 0.332 e. The first-order valence-electron chi connectivity index (χ1n) is 14.2. The fourth-order valence-electron chi connectivity index (χ4n) is 5.97. The van der Waals surface area contributed by atoms with Crippen LogP contribution in [0.25, 0.3) is 0 Å². The molecule has 0 spiro atoms. The second-order valence-corrected chi connectivity index (χ2v) is 14.4. The smallest absolute Gasteiger partial charge is 0.332 e. The molecule has 1 fully saturated rings. The Bertz CT molecular complexity index is 1360. The summed E-state index contributed by atoms with van der Waals surface area (Å²) in [5.74, 6) is -0.126. The maximum absolute atomic E-state index is 14.9. The molecule has 8 heteroatoms. The highest BCUT2D eigenvalue weighted by atomic mass is 32.1. The van der Waals surface area contributed by atoms with Crippen LogP contribution < -0.4 is 4.74 Å². The number of hydrogen-bond acceptors (Lipinski definition) is 7. The van der Waals surface area contributed by atoms with E-state index in [1.165, 1.54) is 0 Å². The molecule has 1 amide bonds. The number of esters is 1. The number of benzene rings is 1. The van der Waals surface area contributed by atoms with Crippen LogP contribution in [0.15, 0.2) is 54.3 Å². The molecule has 3 heterocycles. The average Bonchev–Trinajstić information content (AvgIpc) is 3.53. The van der Waals surface area contributed by atoms with Gasteiger partial charge in [0, 0.05) is 34.9 Å². The third-order valence-electron chi connectivity index (χ3n) is 7.48. The molecular weight excluding hydrogens is 534 g/mol. The molecule has 0 aliphatic carbocycles. The molecule has 220 valence electrons. The molecular formula is C33H43N3O4S. The van der Waals surface area contributed by atoms with E-state index in [1.54, 1.807) is 48.0 Å². The van der Waals surface area contributed by atoms with Crippen molar-refractivity contribution in [1.29, 1.82) is 0 Å². The fourth-order valence-corrected chi connectivity index (χ4v) is 6.85. The Hall–Kier alpha value is -3.26. The highest BCUT2D eigenvalue weighted by Gasteiger charge is 2.61. The van der Waals surface area contributed by atoms with Gasteiger partial charge >= 0.3 is 5.97 Å². The predicted molar refractivity (Wildman–Crippen MR) is 162 cm³/mol. The van der Waals surface area contributed by atoms with E-state index in [-0.39, 0.29) is 23.2 Å². The van der Waals surface area contributed by atoms with Crippen molar-refractivity contribution in [3.8, 4) is 5.75 Å². The van der Waals surface area contributed by atoms with Gasteiger partial charge in [-0.15, -0.1) is 11.3 Å². The number of likely N-dealkylation sites (tertiary alicyclic amines) is 1. The third kappa shape index (κ3) is 6.32. The lowest BCUT2D eigenvalue weighted by Gasteiger charge is -2.41. The standard InChI is InChI=1S/C33H43N3O4S/c1-21(2)18-33(30(38)40-32(6,7)8)19-23(25-20-34-14-15-35-25)28(27-11-10-16-41-27)36(33)29(37)22-12-13-24(31(3,4)5)26(17-22)39-9/h10-17,20-21,23,28H,18-19H2,1-9H3/t23-,28-,33+/m1/s1. The van der Waals surface area contributed by atoms with E-state index in [1.807, 2.05) is 50.4 Å². The van der Waals surface area contributed by atoms with Crippen LogP contribution in [0.4, 0.5) is 0 Å². The molecule has 0 unspecified atom stereocenters. The SMILES string of the molecule is COc1cc(C(=O)N2[C@@H](c3cccs3)[C@@H](c3cnccn3)C[C@@]2(CC(C)C)C(=O)OC(C)(C)C)ccc1C(C)(C)C. The van der Waals surface area contributed by atoms with Gasteiger partial charge < -0.3 is 14.4 Å². The van der Waals surface area contributed by atoms with E-state index >= 15 is 0 Å². The summed E-state index contributed by atoms with van der Waals surface area (Å²) >= 11 is 1.57. The van der Waals surface area contributed by atoms with Crippen LogP contribution >= 0.6 is 11.3 Å². The van der Waals surface area contributed by atoms with Crippen molar-refractivity contribution in [2.45, 2.75) is 96.7 Å². The van der Waals surface area contributed by atoms with Crippen molar-refractivity contribution in [3.05, 3.63) is 76.0 Å². The maximum atomic E-state index is 14.9. The van der Waals surface area contributed by atoms with Gasteiger partial charge in [0.15, 0.2) is 0 Å². The lowest BCUT2D eigenvalue weighted by atomic mass is 9.82. The van der Waals surface area contributed by atoms with E-state index in [2.05, 4.69) is 44.6 Å². The van der Waals surface area contributed by atoms with Crippen LogP contribution in [0.3, 0.4) is 0 Å². The van der Waals surface area contributed by atoms with E-state index in [0.29, 0.717) is 24.2 Å². The quantitative estimate of drug-likeness (QED) is 0.273. The number of thiophene rings is 1. The summed E-state index contributed by atoms with van der Waals surface area (Å²) in [6.45, 7) is 16.1. The van der Waals surface area contributed by atoms with Crippen LogP contribution in [0, 0.1) is 5.92 Å². The first-order chi connectivity index (χ1) is 19.2. The highest BCUT2D eigenvalue weighted by Crippen LogP contribution is 2.55. The summed E-state index contributed by atoms with van der Waals surface area (Å²) in [6.07, 6.45) is 5.88. The summed E-state index contributed by atoms with van der Waals surface area (Å²) in [4.78, 5) is 41.0. The zero-order valence-corrected chi connectivity index (χ0v) is 26.5. The van der Waals surface area contributed by atoms with Crippen LogP contribution in [-0.4, -0.2) is 45.0 Å². The lowest BCUT2D eigenvalue weighted by Crippen LogP contribution is -2.56. The van der Waals surface area contributed by atoms with Crippen LogP contribution in [-0.2, 0) is 14.9 Å². The Morgan fingerprint density at radius 2 is 1.85 bits per heavy atom. The van der Waals surface area contributed by atoms with Gasteiger partial charge in [-0.3, -0.25) is 14.8 Å². The van der Waals surface area contributed by atoms with Gasteiger partial charge in [0.2, 0.25) is 0 Å². The Morgan fingerprint density at radius 3 is 2.39 bits per heavy atom. The van der Waals surface area contributed by atoms with Crippen LogP contribution in [0.5, 0.6) is 5.75 Å². The lowest BCUT2D eigenvalue weighted by molar-refractivity contribution is -0.168. The summed E-state index contributed by atoms with van der Waals surface area (Å²) in [7, 11) is 1.62. The number of carbonyl (C=O) groups excluding carboxylic acids is 2. The molecule has 1 saturated heterocycles. The summed E-state index contributed by atoms with van der Waals surface area (Å²) in [5.41, 5.74) is 0.105. The third-order valence-corrected chi connectivity index (χ3v) is 8.42. The van der Waals surface area contributed by atoms with E-state index in [4.69, 9.17) is 9.47 Å². The molecule has 0 N–H and O–H groups in total. The number of methoxy groups -OCH3 is 1. The molecule has 3 atom stereocenters. The average molecular weight is 578 g/mol. The molecule has 2 aromatic heterocycles. The molecule has 0 bridgehead atoms. The molecule has 3 aromatic rings. The van der Waals surface area contributed by atoms with Crippen LogP contribution in [0.2, 0.25) is 0 Å². The highest BCUT2D eigenvalue weighted by molar-refractivity contribution is 7.10. The minimum absolute atomic E-state index is 0.111. The minimum Gasteiger partial charge on any atom is -0.496 e. The number of hydrogen-bond donors (Lipinski definition) is 0. The normalized spacial score (nSPS) is 21.3. The van der Waals surface area contributed by atoms with Crippen molar-refractivity contribution in [2.75, 3.05) is 7.11 Å². The molecule has 1 aliphatic heterocycles. The van der Waals surface area contributed by atoms with E-state index in [0.717, 1.165) is 16.1 Å². The zero-order valence-electron chi connectivity index (χ0n) is 25.7. The topological polar surface area (TPSA) is 81.6 Å². The molecule has 0 saturated carbocycles. The number of nitrogens with zero attached hydrogens (tertiary/aromatic N) is 3. The van der Waals surface area contributed by atoms with Crippen molar-refractivity contribution < 1.29 is 19.1 Å². The van der Waals surface area contributed by atoms with Gasteiger partial charge in [-0.1, -0.05) is 46.8 Å². The van der Waals surface area contributed by atoms with Gasteiger partial charge in [0.05, 0.1) is 18.8 Å². The zero-order chi connectivity index (χ0) is 30.2. The molecule has 1 aliphatic rings. The van der Waals surface area contributed by atoms with E-state index < -0.39 is 23.2 Å². The number of ether oxygens (including phenoxy) is 2. The molecule has 4 rings (SSSR count). The molecule has 41 heavy (non-hydrogen) atoms. The summed E-state index contributed by atoms with van der Waals surface area (Å²) in [6, 6.07) is 9.19. The second-order valence-electron chi connectivity index (χ2n) is 13.4. The molecule has 0 radical (unpaired) electrons. The Balaban J connectivity index is 1.97. The summed E-state index contributed by atoms with van der Waals surface area (Å²) in [5, 5.41) is 2.00. The Morgan fingerprint density at radius 1 is 1.12 bits per heavy atom. The van der Waals surface area contributed by atoms with Crippen molar-refractivity contribution in [3.63, 3.8) is 0 Å². The molecule has 7 nitrogen and oxygen atoms in total. The van der Waals surface area contributed by atoms with Gasteiger partial charge in [-0.2, -0.15) is 0 Å². The second kappa shape index (κ2) is 11.6. The van der Waals surface area contributed by atoms with Gasteiger partial charge in [-0.25, -0.2) is 4.79 Å². The number of amides is 1. The molecule has 1 aromatic carbocycles. The van der Waals surface area contributed by atoms with Crippen molar-refractivity contribution in [1.82, 2.24) is 14.9 Å². The Kier molecular flexibility index (Phi) is 8.65. The first kappa shape index (κ1) is 30.7. The van der Waals surface area contributed by atoms with Crippen LogP contribution in [0.1, 0.15) is 107 Å². The van der Waals surface area contributed by atoms with E-state index in [9.17, 15) is 9.59 Å². The van der Waals surface area contributed by atoms with Gasteiger partial charge in [0.1, 0.15) is 16.9 Å². The van der Waals surface area contributed by atoms with Crippen molar-refractivity contribution in [2.24, 2.45) is 5.92 Å². The first-order valence-corrected chi connectivity index (χ1v) is 15.1. The number of carbonyl (C=O) groups is 2. The number of aromatic nitrogens is 2. The monoisotopic (exact) mass is 577 g/mol. The van der Waals surface area contributed by atoms with Gasteiger partial charge in [-0.05, 0) is 74.1 Å². The predicted octanol–water partition coefficient (Wildman–Crippen LogP) is 7.34. The van der Waals surface area contributed by atoms with Gasteiger partial charge in [0.25, 0.3) is 5.91 Å². The number of rotatable bonds is 7.